The predicted molar refractivity (Wildman–Crippen MR) is 97.7 cm³/mol. The molecule has 0 saturated heterocycles. The molecule has 2 aromatic rings. The molecule has 21 heavy (non-hydrogen) atoms. The molecule has 4 heteroatoms. The van der Waals surface area contributed by atoms with Gasteiger partial charge in [0.1, 0.15) is 0 Å². The van der Waals surface area contributed by atoms with E-state index in [-0.39, 0.29) is 6.04 Å². The van der Waals surface area contributed by atoms with Gasteiger partial charge in [-0.05, 0) is 56.4 Å². The highest BCUT2D eigenvalue weighted by molar-refractivity contribution is 9.11. The molecular weight excluding hydrogens is 392 g/mol. The lowest BCUT2D eigenvalue weighted by molar-refractivity contribution is 0.402. The average molecular weight is 412 g/mol. The number of hydrogen-bond donors (Lipinski definition) is 1. The standard InChI is InChI=1S/C17H20Br2N2/c1-12(16-9-6-14(18)10-17(16)19)20-15-7-4-13(5-8-15)11-21(2)3/h4-10,12,20H,11H2,1-3H3. The Balaban J connectivity index is 2.06. The Bertz CT molecular complexity index is 594. The number of halogens is 2. The number of hydrogen-bond acceptors (Lipinski definition) is 2. The van der Waals surface area contributed by atoms with Gasteiger partial charge in [0, 0.05) is 27.2 Å². The molecule has 0 saturated carbocycles. The van der Waals surface area contributed by atoms with E-state index in [1.54, 1.807) is 0 Å². The fourth-order valence-electron chi connectivity index (χ4n) is 2.25. The molecule has 0 fully saturated rings. The third kappa shape index (κ3) is 4.83. The molecule has 0 aliphatic rings. The van der Waals surface area contributed by atoms with Gasteiger partial charge in [-0.15, -0.1) is 0 Å². The van der Waals surface area contributed by atoms with Gasteiger partial charge in [-0.3, -0.25) is 0 Å². The van der Waals surface area contributed by atoms with Gasteiger partial charge in [0.05, 0.1) is 0 Å². The Hall–Kier alpha value is -0.840. The first-order chi connectivity index (χ1) is 9.95. The summed E-state index contributed by atoms with van der Waals surface area (Å²) < 4.78 is 2.19. The van der Waals surface area contributed by atoms with Crippen molar-refractivity contribution in [3.8, 4) is 0 Å². The summed E-state index contributed by atoms with van der Waals surface area (Å²) >= 11 is 7.11. The maximum absolute atomic E-state index is 3.62. The summed E-state index contributed by atoms with van der Waals surface area (Å²) in [7, 11) is 4.17. The van der Waals surface area contributed by atoms with Crippen LogP contribution in [0.25, 0.3) is 0 Å². The lowest BCUT2D eigenvalue weighted by atomic mass is 10.1. The van der Waals surface area contributed by atoms with Crippen molar-refractivity contribution in [3.63, 3.8) is 0 Å². The Kier molecular flexibility index (Phi) is 5.85. The van der Waals surface area contributed by atoms with E-state index >= 15 is 0 Å². The second-order valence-electron chi connectivity index (χ2n) is 5.47. The highest BCUT2D eigenvalue weighted by atomic mass is 79.9. The van der Waals surface area contributed by atoms with E-state index in [0.717, 1.165) is 21.2 Å². The third-order valence-electron chi connectivity index (χ3n) is 3.26. The van der Waals surface area contributed by atoms with Crippen LogP contribution in [0.4, 0.5) is 5.69 Å². The lowest BCUT2D eigenvalue weighted by Crippen LogP contribution is -2.11. The SMILES string of the molecule is CC(Nc1ccc(CN(C)C)cc1)c1ccc(Br)cc1Br. The fraction of sp³-hybridized carbons (Fsp3) is 0.294. The normalized spacial score (nSPS) is 12.5. The molecule has 0 spiro atoms. The van der Waals surface area contributed by atoms with Gasteiger partial charge < -0.3 is 10.2 Å². The van der Waals surface area contributed by atoms with Crippen LogP contribution in [0.15, 0.2) is 51.4 Å². The first-order valence-corrected chi connectivity index (χ1v) is 8.49. The maximum atomic E-state index is 3.62. The maximum Gasteiger partial charge on any atom is 0.0496 e. The summed E-state index contributed by atoms with van der Waals surface area (Å²) in [4.78, 5) is 2.17. The van der Waals surface area contributed by atoms with E-state index in [9.17, 15) is 0 Å². The minimum absolute atomic E-state index is 0.243. The number of nitrogens with one attached hydrogen (secondary N) is 1. The second kappa shape index (κ2) is 7.43. The van der Waals surface area contributed by atoms with E-state index in [1.807, 2.05) is 0 Å². The smallest absolute Gasteiger partial charge is 0.0496 e. The Morgan fingerprint density at radius 2 is 1.71 bits per heavy atom. The van der Waals surface area contributed by atoms with Crippen molar-refractivity contribution in [3.05, 3.63) is 62.5 Å². The van der Waals surface area contributed by atoms with Crippen LogP contribution in [0.3, 0.4) is 0 Å². The van der Waals surface area contributed by atoms with Crippen molar-refractivity contribution in [2.24, 2.45) is 0 Å². The molecule has 112 valence electrons. The van der Waals surface area contributed by atoms with E-state index in [0.29, 0.717) is 0 Å². The van der Waals surface area contributed by atoms with Crippen molar-refractivity contribution in [2.45, 2.75) is 19.5 Å². The predicted octanol–water partition coefficient (Wildman–Crippen LogP) is 5.45. The lowest BCUT2D eigenvalue weighted by Gasteiger charge is -2.18. The molecule has 1 N–H and O–H groups in total. The molecular formula is C17H20Br2N2. The first kappa shape index (κ1) is 16.5. The van der Waals surface area contributed by atoms with E-state index in [1.165, 1.54) is 11.1 Å². The topological polar surface area (TPSA) is 15.3 Å². The van der Waals surface area contributed by atoms with Gasteiger partial charge >= 0.3 is 0 Å². The fourth-order valence-corrected chi connectivity index (χ4v) is 3.64. The van der Waals surface area contributed by atoms with Crippen molar-refractivity contribution in [1.29, 1.82) is 0 Å². The zero-order valence-corrected chi connectivity index (χ0v) is 15.7. The summed E-state index contributed by atoms with van der Waals surface area (Å²) in [6, 6.07) is 15.1. The summed E-state index contributed by atoms with van der Waals surface area (Å²) in [5.41, 5.74) is 3.71. The molecule has 0 amide bonds. The summed E-state index contributed by atoms with van der Waals surface area (Å²) in [5.74, 6) is 0. The van der Waals surface area contributed by atoms with Crippen LogP contribution in [0.5, 0.6) is 0 Å². The molecule has 2 aromatic carbocycles. The highest BCUT2D eigenvalue weighted by Gasteiger charge is 2.09. The molecule has 0 aliphatic heterocycles. The molecule has 0 bridgehead atoms. The van der Waals surface area contributed by atoms with Crippen LogP contribution in [-0.4, -0.2) is 19.0 Å². The molecule has 0 radical (unpaired) electrons. The van der Waals surface area contributed by atoms with Gasteiger partial charge in [-0.2, -0.15) is 0 Å². The molecule has 0 heterocycles. The summed E-state index contributed by atoms with van der Waals surface area (Å²) in [6.07, 6.45) is 0. The monoisotopic (exact) mass is 410 g/mol. The molecule has 0 aromatic heterocycles. The summed E-state index contributed by atoms with van der Waals surface area (Å²) in [6.45, 7) is 3.13. The zero-order chi connectivity index (χ0) is 15.4. The number of rotatable bonds is 5. The van der Waals surface area contributed by atoms with Gasteiger partial charge in [-0.1, -0.05) is 50.1 Å². The molecule has 0 aliphatic carbocycles. The largest absolute Gasteiger partial charge is 0.378 e. The van der Waals surface area contributed by atoms with Crippen LogP contribution in [-0.2, 0) is 6.54 Å². The van der Waals surface area contributed by atoms with Crippen LogP contribution in [0, 0.1) is 0 Å². The number of benzene rings is 2. The van der Waals surface area contributed by atoms with E-state index in [2.05, 4.69) is 106 Å². The quantitative estimate of drug-likeness (QED) is 0.703. The average Bonchev–Trinajstić information content (AvgIpc) is 2.40. The van der Waals surface area contributed by atoms with Gasteiger partial charge in [0.25, 0.3) is 0 Å². The zero-order valence-electron chi connectivity index (χ0n) is 12.5. The molecule has 1 atom stereocenters. The second-order valence-corrected chi connectivity index (χ2v) is 7.24. The van der Waals surface area contributed by atoms with E-state index < -0.39 is 0 Å². The van der Waals surface area contributed by atoms with Gasteiger partial charge in [-0.25, -0.2) is 0 Å². The van der Waals surface area contributed by atoms with Crippen LogP contribution in [0.1, 0.15) is 24.1 Å². The summed E-state index contributed by atoms with van der Waals surface area (Å²) in [5, 5.41) is 3.54. The van der Waals surface area contributed by atoms with Crippen molar-refractivity contribution in [1.82, 2.24) is 4.90 Å². The Morgan fingerprint density at radius 3 is 2.29 bits per heavy atom. The first-order valence-electron chi connectivity index (χ1n) is 6.91. The van der Waals surface area contributed by atoms with Crippen molar-refractivity contribution < 1.29 is 0 Å². The molecule has 1 unspecified atom stereocenters. The minimum atomic E-state index is 0.243. The van der Waals surface area contributed by atoms with Crippen LogP contribution >= 0.6 is 31.9 Å². The van der Waals surface area contributed by atoms with Crippen molar-refractivity contribution in [2.75, 3.05) is 19.4 Å². The van der Waals surface area contributed by atoms with E-state index in [4.69, 9.17) is 0 Å². The molecule has 2 rings (SSSR count). The number of nitrogens with zero attached hydrogens (tertiary/aromatic N) is 1. The minimum Gasteiger partial charge on any atom is -0.378 e. The van der Waals surface area contributed by atoms with Crippen LogP contribution in [0.2, 0.25) is 0 Å². The Labute approximate surface area is 143 Å². The number of anilines is 1. The van der Waals surface area contributed by atoms with Crippen LogP contribution < -0.4 is 5.32 Å². The third-order valence-corrected chi connectivity index (χ3v) is 4.44. The Morgan fingerprint density at radius 1 is 1.05 bits per heavy atom. The van der Waals surface area contributed by atoms with Crippen molar-refractivity contribution >= 4 is 37.5 Å². The molecule has 2 nitrogen and oxygen atoms in total. The highest BCUT2D eigenvalue weighted by Crippen LogP contribution is 2.29. The van der Waals surface area contributed by atoms with Gasteiger partial charge in [0.2, 0.25) is 0 Å². The van der Waals surface area contributed by atoms with Gasteiger partial charge in [0.15, 0.2) is 0 Å².